The Labute approximate surface area is 123 Å². The molecule has 1 aromatic heterocycles. The van der Waals surface area contributed by atoms with Gasteiger partial charge in [0.25, 0.3) is 5.91 Å². The van der Waals surface area contributed by atoms with Crippen LogP contribution in [-0.4, -0.2) is 35.5 Å². The zero-order valence-electron chi connectivity index (χ0n) is 11.8. The molecule has 0 radical (unpaired) electrons. The highest BCUT2D eigenvalue weighted by Gasteiger charge is 2.11. The van der Waals surface area contributed by atoms with Gasteiger partial charge in [-0.2, -0.15) is 0 Å². The lowest BCUT2D eigenvalue weighted by atomic mass is 10.1. The number of nitrogens with one attached hydrogen (secondary N) is 2. The molecule has 0 spiro atoms. The van der Waals surface area contributed by atoms with Crippen molar-refractivity contribution in [3.8, 4) is 0 Å². The SMILES string of the molecule is O=C(NCCC1=CCNCC1)c1cccc2nccnc12. The monoisotopic (exact) mass is 282 g/mol. The summed E-state index contributed by atoms with van der Waals surface area (Å²) in [4.78, 5) is 20.8. The average Bonchev–Trinajstić information content (AvgIpc) is 2.55. The summed E-state index contributed by atoms with van der Waals surface area (Å²) in [5, 5.41) is 6.25. The van der Waals surface area contributed by atoms with Crippen molar-refractivity contribution >= 4 is 16.9 Å². The zero-order chi connectivity index (χ0) is 14.5. The van der Waals surface area contributed by atoms with Gasteiger partial charge < -0.3 is 10.6 Å². The Hall–Kier alpha value is -2.27. The van der Waals surface area contributed by atoms with Gasteiger partial charge in [0, 0.05) is 25.5 Å². The van der Waals surface area contributed by atoms with Crippen LogP contribution in [0, 0.1) is 0 Å². The molecule has 108 valence electrons. The van der Waals surface area contributed by atoms with E-state index in [1.807, 2.05) is 12.1 Å². The van der Waals surface area contributed by atoms with Crippen LogP contribution in [0.3, 0.4) is 0 Å². The predicted molar refractivity (Wildman–Crippen MR) is 82.1 cm³/mol. The van der Waals surface area contributed by atoms with Crippen LogP contribution in [-0.2, 0) is 0 Å². The number of hydrogen-bond acceptors (Lipinski definition) is 4. The van der Waals surface area contributed by atoms with Crippen molar-refractivity contribution in [1.29, 1.82) is 0 Å². The quantitative estimate of drug-likeness (QED) is 0.837. The molecule has 1 aliphatic rings. The molecule has 2 aromatic rings. The van der Waals surface area contributed by atoms with Gasteiger partial charge in [-0.3, -0.25) is 14.8 Å². The fraction of sp³-hybridized carbons (Fsp3) is 0.312. The first kappa shape index (κ1) is 13.7. The normalized spacial score (nSPS) is 14.8. The van der Waals surface area contributed by atoms with Crippen molar-refractivity contribution < 1.29 is 4.79 Å². The second-order valence-corrected chi connectivity index (χ2v) is 5.05. The third-order valence-corrected chi connectivity index (χ3v) is 3.63. The number of nitrogens with zero attached hydrogens (tertiary/aromatic N) is 2. The van der Waals surface area contributed by atoms with Crippen LogP contribution in [0.25, 0.3) is 11.0 Å². The summed E-state index contributed by atoms with van der Waals surface area (Å²) in [5.74, 6) is -0.0874. The van der Waals surface area contributed by atoms with Crippen molar-refractivity contribution in [2.45, 2.75) is 12.8 Å². The van der Waals surface area contributed by atoms with Gasteiger partial charge in [0.2, 0.25) is 0 Å². The number of rotatable bonds is 4. The van der Waals surface area contributed by atoms with Crippen molar-refractivity contribution in [3.63, 3.8) is 0 Å². The Morgan fingerprint density at radius 3 is 3.05 bits per heavy atom. The van der Waals surface area contributed by atoms with E-state index in [4.69, 9.17) is 0 Å². The Morgan fingerprint density at radius 1 is 1.29 bits per heavy atom. The maximum absolute atomic E-state index is 12.3. The largest absolute Gasteiger partial charge is 0.352 e. The fourth-order valence-electron chi connectivity index (χ4n) is 2.50. The average molecular weight is 282 g/mol. The van der Waals surface area contributed by atoms with E-state index >= 15 is 0 Å². The number of hydrogen-bond donors (Lipinski definition) is 2. The summed E-state index contributed by atoms with van der Waals surface area (Å²) in [5.41, 5.74) is 3.39. The van der Waals surface area contributed by atoms with Gasteiger partial charge in [0.1, 0.15) is 5.52 Å². The van der Waals surface area contributed by atoms with Crippen LogP contribution >= 0.6 is 0 Å². The molecule has 0 saturated heterocycles. The van der Waals surface area contributed by atoms with E-state index in [1.54, 1.807) is 18.5 Å². The van der Waals surface area contributed by atoms with Crippen LogP contribution in [0.5, 0.6) is 0 Å². The van der Waals surface area contributed by atoms with E-state index in [1.165, 1.54) is 5.57 Å². The van der Waals surface area contributed by atoms with Crippen LogP contribution in [0.1, 0.15) is 23.2 Å². The summed E-state index contributed by atoms with van der Waals surface area (Å²) >= 11 is 0. The van der Waals surface area contributed by atoms with E-state index in [2.05, 4.69) is 26.7 Å². The third-order valence-electron chi connectivity index (χ3n) is 3.63. The van der Waals surface area contributed by atoms with Crippen molar-refractivity contribution in [2.75, 3.05) is 19.6 Å². The number of carbonyl (C=O) groups is 1. The first-order valence-electron chi connectivity index (χ1n) is 7.21. The van der Waals surface area contributed by atoms with Gasteiger partial charge in [-0.05, 0) is 31.5 Å². The van der Waals surface area contributed by atoms with E-state index in [-0.39, 0.29) is 5.91 Å². The van der Waals surface area contributed by atoms with Gasteiger partial charge in [-0.1, -0.05) is 17.7 Å². The molecular formula is C16H18N4O. The Kier molecular flexibility index (Phi) is 4.21. The Morgan fingerprint density at radius 2 is 2.19 bits per heavy atom. The molecule has 1 aromatic carbocycles. The minimum absolute atomic E-state index is 0.0874. The van der Waals surface area contributed by atoms with Crippen molar-refractivity contribution in [3.05, 3.63) is 47.8 Å². The molecule has 0 aliphatic carbocycles. The van der Waals surface area contributed by atoms with E-state index in [0.29, 0.717) is 17.6 Å². The topological polar surface area (TPSA) is 66.9 Å². The van der Waals surface area contributed by atoms with Gasteiger partial charge >= 0.3 is 0 Å². The van der Waals surface area contributed by atoms with Crippen molar-refractivity contribution in [1.82, 2.24) is 20.6 Å². The second-order valence-electron chi connectivity index (χ2n) is 5.05. The number of carbonyl (C=O) groups excluding carboxylic acids is 1. The number of benzene rings is 1. The van der Waals surface area contributed by atoms with Crippen molar-refractivity contribution in [2.24, 2.45) is 0 Å². The van der Waals surface area contributed by atoms with Gasteiger partial charge in [-0.25, -0.2) is 0 Å². The smallest absolute Gasteiger partial charge is 0.253 e. The lowest BCUT2D eigenvalue weighted by molar-refractivity contribution is 0.0955. The molecule has 1 aliphatic heterocycles. The summed E-state index contributed by atoms with van der Waals surface area (Å²) in [7, 11) is 0. The molecule has 0 saturated carbocycles. The van der Waals surface area contributed by atoms with Gasteiger partial charge in [-0.15, -0.1) is 0 Å². The summed E-state index contributed by atoms with van der Waals surface area (Å²) in [6, 6.07) is 5.48. The molecule has 21 heavy (non-hydrogen) atoms. The molecule has 2 N–H and O–H groups in total. The Balaban J connectivity index is 1.65. The van der Waals surface area contributed by atoms with Crippen LogP contribution in [0.2, 0.25) is 0 Å². The maximum Gasteiger partial charge on any atom is 0.253 e. The minimum Gasteiger partial charge on any atom is -0.352 e. The maximum atomic E-state index is 12.3. The standard InChI is InChI=1S/C16H18N4O/c21-16(20-9-6-12-4-7-17-8-5-12)13-2-1-3-14-15(13)19-11-10-18-14/h1-4,10-11,17H,5-9H2,(H,20,21). The summed E-state index contributed by atoms with van der Waals surface area (Å²) in [6.07, 6.45) is 7.42. The number of fused-ring (bicyclic) bond motifs is 1. The minimum atomic E-state index is -0.0874. The predicted octanol–water partition coefficient (Wildman–Crippen LogP) is 1.67. The highest BCUT2D eigenvalue weighted by molar-refractivity contribution is 6.04. The van der Waals surface area contributed by atoms with Crippen LogP contribution in [0.4, 0.5) is 0 Å². The second kappa shape index (κ2) is 6.45. The number of aromatic nitrogens is 2. The molecule has 5 heteroatoms. The van der Waals surface area contributed by atoms with E-state index in [9.17, 15) is 4.79 Å². The lowest BCUT2D eigenvalue weighted by Gasteiger charge is -2.14. The van der Waals surface area contributed by atoms with Crippen LogP contribution in [0.15, 0.2) is 42.2 Å². The molecule has 5 nitrogen and oxygen atoms in total. The highest BCUT2D eigenvalue weighted by Crippen LogP contribution is 2.14. The molecule has 0 bridgehead atoms. The van der Waals surface area contributed by atoms with E-state index in [0.717, 1.165) is 31.4 Å². The fourth-order valence-corrected chi connectivity index (χ4v) is 2.50. The zero-order valence-corrected chi connectivity index (χ0v) is 11.8. The molecule has 2 heterocycles. The summed E-state index contributed by atoms with van der Waals surface area (Å²) < 4.78 is 0. The van der Waals surface area contributed by atoms with Crippen LogP contribution < -0.4 is 10.6 Å². The molecule has 0 fully saturated rings. The molecule has 3 rings (SSSR count). The lowest BCUT2D eigenvalue weighted by Crippen LogP contribution is -2.27. The number of amides is 1. The number of para-hydroxylation sites is 1. The third kappa shape index (κ3) is 3.25. The first-order chi connectivity index (χ1) is 10.3. The molecule has 0 atom stereocenters. The van der Waals surface area contributed by atoms with E-state index < -0.39 is 0 Å². The Bertz CT molecular complexity index is 676. The molecular weight excluding hydrogens is 264 g/mol. The highest BCUT2D eigenvalue weighted by atomic mass is 16.1. The molecule has 0 unspecified atom stereocenters. The molecule has 1 amide bonds. The van der Waals surface area contributed by atoms with Gasteiger partial charge in [0.05, 0.1) is 11.1 Å². The summed E-state index contributed by atoms with van der Waals surface area (Å²) in [6.45, 7) is 2.61. The van der Waals surface area contributed by atoms with Gasteiger partial charge in [0.15, 0.2) is 0 Å². The first-order valence-corrected chi connectivity index (χ1v) is 7.21.